The van der Waals surface area contributed by atoms with Gasteiger partial charge in [0.2, 0.25) is 14.1 Å². The molecule has 228 valence electrons. The fraction of sp³-hybridized carbons (Fsp3) is 0.516. The molecule has 0 aliphatic heterocycles. The predicted octanol–water partition coefficient (Wildman–Crippen LogP) is 8.01. The molecule has 0 amide bonds. The normalized spacial score (nSPS) is 20.1. The van der Waals surface area contributed by atoms with Gasteiger partial charge in [0, 0.05) is 34.8 Å². The number of benzene rings is 1. The summed E-state index contributed by atoms with van der Waals surface area (Å²) in [5.41, 5.74) is 2.81. The van der Waals surface area contributed by atoms with Crippen LogP contribution in [0.2, 0.25) is 21.0 Å². The third kappa shape index (κ3) is 6.85. The van der Waals surface area contributed by atoms with Crippen molar-refractivity contribution in [2.75, 3.05) is 11.9 Å². The topological polar surface area (TPSA) is 105 Å². The molecule has 0 spiro atoms. The van der Waals surface area contributed by atoms with Gasteiger partial charge in [-0.3, -0.25) is 4.79 Å². The Morgan fingerprint density at radius 1 is 1.17 bits per heavy atom. The summed E-state index contributed by atoms with van der Waals surface area (Å²) in [7, 11) is -2.14. The Labute approximate surface area is 267 Å². The average Bonchev–Trinajstić information content (AvgIpc) is 3.52. The minimum atomic E-state index is -2.14. The molecule has 0 saturated heterocycles. The van der Waals surface area contributed by atoms with E-state index in [0.717, 1.165) is 22.2 Å². The van der Waals surface area contributed by atoms with Crippen LogP contribution < -0.4 is 5.32 Å². The highest BCUT2D eigenvalue weighted by molar-refractivity contribution is 9.10. The smallest absolute Gasteiger partial charge is 0.208 e. The maximum absolute atomic E-state index is 13.7. The Bertz CT molecular complexity index is 1370. The van der Waals surface area contributed by atoms with Crippen LogP contribution in [0.15, 0.2) is 47.3 Å². The van der Waals surface area contributed by atoms with Crippen LogP contribution in [0.3, 0.4) is 0 Å². The molecule has 4 atom stereocenters. The fourth-order valence-corrected chi connectivity index (χ4v) is 14.0. The molecule has 11 heteroatoms. The molecule has 7 nitrogen and oxygen atoms in total. The number of aliphatic hydroxyl groups excluding tert-OH is 2. The van der Waals surface area contributed by atoms with Gasteiger partial charge in [-0.1, -0.05) is 81.2 Å². The minimum Gasteiger partial charge on any atom is -0.413 e. The molecule has 1 aliphatic rings. The lowest BCUT2D eigenvalue weighted by Crippen LogP contribution is -2.51. The van der Waals surface area contributed by atoms with Gasteiger partial charge in [0.25, 0.3) is 0 Å². The number of aromatic nitrogens is 2. The van der Waals surface area contributed by atoms with Gasteiger partial charge in [0.15, 0.2) is 0 Å². The van der Waals surface area contributed by atoms with Crippen LogP contribution >= 0.6 is 38.9 Å². The maximum Gasteiger partial charge on any atom is 0.208 e. The number of hydrogen-bond donors (Lipinski definition) is 3. The average molecular weight is 695 g/mol. The van der Waals surface area contributed by atoms with Crippen LogP contribution in [0.1, 0.15) is 86.9 Å². The number of halogens is 2. The molecule has 3 N–H and O–H groups in total. The summed E-state index contributed by atoms with van der Waals surface area (Å²) in [6, 6.07) is 8.97. The SMILES string of the molecule is CC(C)[Si](O[C@H]1C[C@H](Nc2ncncc2C(=O)c2cc(C(O)c3cccc(Br)c3)c(Cl)s2)C[C@@H]1CO)(C(C)C)C(C)C. The molecule has 1 unspecified atom stereocenters. The molecule has 1 saturated carbocycles. The maximum atomic E-state index is 13.7. The van der Waals surface area contributed by atoms with E-state index >= 15 is 0 Å². The molecular weight excluding hydrogens is 654 g/mol. The van der Waals surface area contributed by atoms with Gasteiger partial charge in [-0.25, -0.2) is 9.97 Å². The van der Waals surface area contributed by atoms with Crippen molar-refractivity contribution in [1.82, 2.24) is 9.97 Å². The molecule has 1 fully saturated rings. The number of thiophene rings is 1. The first-order valence-electron chi connectivity index (χ1n) is 14.5. The number of hydrogen-bond acceptors (Lipinski definition) is 8. The highest BCUT2D eigenvalue weighted by atomic mass is 79.9. The first kappa shape index (κ1) is 33.2. The Hall–Kier alpha value is -1.66. The summed E-state index contributed by atoms with van der Waals surface area (Å²) in [6.45, 7) is 13.7. The fourth-order valence-electron chi connectivity index (χ4n) is 6.69. The zero-order valence-corrected chi connectivity index (χ0v) is 29.1. The van der Waals surface area contributed by atoms with Gasteiger partial charge in [-0.05, 0) is 53.2 Å². The third-order valence-corrected chi connectivity index (χ3v) is 16.6. The summed E-state index contributed by atoms with van der Waals surface area (Å²) in [5, 5.41) is 24.7. The van der Waals surface area contributed by atoms with Crippen molar-refractivity contribution in [2.24, 2.45) is 5.92 Å². The molecular formula is C31H41BrClN3O4SSi. The number of rotatable bonds is 12. The quantitative estimate of drug-likeness (QED) is 0.130. The lowest BCUT2D eigenvalue weighted by Gasteiger charge is -2.45. The first-order valence-corrected chi connectivity index (χ1v) is 18.6. The number of aliphatic hydroxyl groups is 2. The largest absolute Gasteiger partial charge is 0.413 e. The molecule has 2 heterocycles. The van der Waals surface area contributed by atoms with Crippen LogP contribution in [0.25, 0.3) is 0 Å². The summed E-state index contributed by atoms with van der Waals surface area (Å²) >= 11 is 11.1. The standard InChI is InChI=1S/C31H41BrClN3O4SSi/c1-17(2)42(18(3)4,19(5)6)40-26-12-23(11-21(26)15-37)36-31-25(14-34-16-35-31)29(39)27-13-24(30(33)41-27)28(38)20-8-7-9-22(32)10-20/h7-10,13-14,16-19,21,23,26,28,37-38H,11-12,15H2,1-6H3,(H,34,35,36)/t21-,23-,26+,28?/m1/s1. The summed E-state index contributed by atoms with van der Waals surface area (Å²) in [6.07, 6.45) is 3.33. The van der Waals surface area contributed by atoms with E-state index in [4.69, 9.17) is 16.0 Å². The van der Waals surface area contributed by atoms with E-state index < -0.39 is 14.4 Å². The minimum absolute atomic E-state index is 0.00443. The Kier molecular flexibility index (Phi) is 11.1. The van der Waals surface area contributed by atoms with Crippen molar-refractivity contribution in [1.29, 1.82) is 0 Å². The number of carbonyl (C=O) groups is 1. The van der Waals surface area contributed by atoms with Crippen molar-refractivity contribution in [2.45, 2.75) is 89.3 Å². The van der Waals surface area contributed by atoms with Gasteiger partial charge in [-0.2, -0.15) is 0 Å². The lowest BCUT2D eigenvalue weighted by atomic mass is 10.0. The van der Waals surface area contributed by atoms with E-state index in [1.807, 2.05) is 24.3 Å². The number of nitrogens with zero attached hydrogens (tertiary/aromatic N) is 2. The molecule has 3 aromatic rings. The van der Waals surface area contributed by atoms with Crippen molar-refractivity contribution < 1.29 is 19.4 Å². The summed E-state index contributed by atoms with van der Waals surface area (Å²) in [4.78, 5) is 22.6. The van der Waals surface area contributed by atoms with Crippen LogP contribution in [0, 0.1) is 5.92 Å². The number of ketones is 1. The zero-order chi connectivity index (χ0) is 30.8. The van der Waals surface area contributed by atoms with E-state index in [0.29, 0.717) is 54.8 Å². The van der Waals surface area contributed by atoms with Crippen molar-refractivity contribution in [3.63, 3.8) is 0 Å². The molecule has 4 rings (SSSR count). The second-order valence-electron chi connectivity index (χ2n) is 12.1. The van der Waals surface area contributed by atoms with Gasteiger partial charge in [0.05, 0.1) is 20.9 Å². The second-order valence-corrected chi connectivity index (χ2v) is 20.1. The van der Waals surface area contributed by atoms with Crippen LogP contribution in [-0.2, 0) is 4.43 Å². The summed E-state index contributed by atoms with van der Waals surface area (Å²) < 4.78 is 8.28. The van der Waals surface area contributed by atoms with Crippen molar-refractivity contribution in [3.05, 3.63) is 73.2 Å². The molecule has 2 aromatic heterocycles. The Balaban J connectivity index is 1.55. The second kappa shape index (κ2) is 14.0. The van der Waals surface area contributed by atoms with Crippen LogP contribution in [0.5, 0.6) is 0 Å². The first-order chi connectivity index (χ1) is 19.9. The van der Waals surface area contributed by atoms with E-state index in [9.17, 15) is 15.0 Å². The highest BCUT2D eigenvalue weighted by Crippen LogP contribution is 2.46. The van der Waals surface area contributed by atoms with Crippen molar-refractivity contribution >= 4 is 58.8 Å². The van der Waals surface area contributed by atoms with Gasteiger partial charge < -0.3 is 20.0 Å². The van der Waals surface area contributed by atoms with E-state index in [1.165, 1.54) is 12.5 Å². The lowest BCUT2D eigenvalue weighted by molar-refractivity contribution is 0.0941. The molecule has 0 bridgehead atoms. The van der Waals surface area contributed by atoms with Crippen LogP contribution in [-0.4, -0.2) is 53.0 Å². The van der Waals surface area contributed by atoms with Gasteiger partial charge in [0.1, 0.15) is 18.2 Å². The molecule has 0 radical (unpaired) electrons. The molecule has 42 heavy (non-hydrogen) atoms. The number of nitrogens with one attached hydrogen (secondary N) is 1. The molecule has 1 aliphatic carbocycles. The predicted molar refractivity (Wildman–Crippen MR) is 176 cm³/mol. The third-order valence-electron chi connectivity index (χ3n) is 8.62. The van der Waals surface area contributed by atoms with Gasteiger partial charge >= 0.3 is 0 Å². The number of anilines is 1. The van der Waals surface area contributed by atoms with Crippen LogP contribution in [0.4, 0.5) is 5.82 Å². The Morgan fingerprint density at radius 3 is 2.48 bits per heavy atom. The highest BCUT2D eigenvalue weighted by Gasteiger charge is 2.49. The Morgan fingerprint density at radius 2 is 1.86 bits per heavy atom. The zero-order valence-electron chi connectivity index (χ0n) is 25.0. The van der Waals surface area contributed by atoms with E-state index in [2.05, 4.69) is 72.8 Å². The van der Waals surface area contributed by atoms with E-state index in [1.54, 1.807) is 6.07 Å². The van der Waals surface area contributed by atoms with Gasteiger partial charge in [-0.15, -0.1) is 11.3 Å². The summed E-state index contributed by atoms with van der Waals surface area (Å²) in [5.74, 6) is 0.175. The monoisotopic (exact) mass is 693 g/mol. The van der Waals surface area contributed by atoms with Crippen molar-refractivity contribution in [3.8, 4) is 0 Å². The molecule has 1 aromatic carbocycles. The number of carbonyl (C=O) groups excluding carboxylic acids is 1. The van der Waals surface area contributed by atoms with E-state index in [-0.39, 0.29) is 30.5 Å².